The largest absolute Gasteiger partial charge is 0.573 e. The second-order valence-electron chi connectivity index (χ2n) is 4.27. The standard InChI is InChI=1S/C12H13F4NO/c13-11-4-3-9(18-12(14,15)16)6-10(11)8-2-1-5-17-7-8/h3-4,6,8,17H,1-2,5,7H2. The van der Waals surface area contributed by atoms with Crippen molar-refractivity contribution in [1.29, 1.82) is 0 Å². The maximum absolute atomic E-state index is 13.6. The van der Waals surface area contributed by atoms with Crippen LogP contribution in [-0.2, 0) is 0 Å². The lowest BCUT2D eigenvalue weighted by Gasteiger charge is -2.24. The molecular formula is C12H13F4NO. The summed E-state index contributed by atoms with van der Waals surface area (Å²) < 4.78 is 53.7. The van der Waals surface area contributed by atoms with E-state index in [1.54, 1.807) is 0 Å². The van der Waals surface area contributed by atoms with Crippen LogP contribution >= 0.6 is 0 Å². The average Bonchev–Trinajstić information content (AvgIpc) is 2.31. The summed E-state index contributed by atoms with van der Waals surface area (Å²) in [6, 6.07) is 3.15. The molecule has 0 saturated carbocycles. The van der Waals surface area contributed by atoms with Crippen LogP contribution in [0, 0.1) is 5.82 Å². The maximum Gasteiger partial charge on any atom is 0.573 e. The number of nitrogens with one attached hydrogen (secondary N) is 1. The molecule has 100 valence electrons. The zero-order valence-corrected chi connectivity index (χ0v) is 9.56. The molecule has 1 aromatic carbocycles. The Morgan fingerprint density at radius 1 is 1.28 bits per heavy atom. The van der Waals surface area contributed by atoms with E-state index in [1.165, 1.54) is 0 Å². The van der Waals surface area contributed by atoms with E-state index in [1.807, 2.05) is 0 Å². The molecule has 0 aliphatic carbocycles. The van der Waals surface area contributed by atoms with E-state index in [4.69, 9.17) is 0 Å². The van der Waals surface area contributed by atoms with Crippen molar-refractivity contribution in [3.8, 4) is 5.75 Å². The maximum atomic E-state index is 13.6. The van der Waals surface area contributed by atoms with E-state index in [9.17, 15) is 17.6 Å². The SMILES string of the molecule is Fc1ccc(OC(F)(F)F)cc1C1CCCNC1. The van der Waals surface area contributed by atoms with E-state index in [0.29, 0.717) is 6.54 Å². The smallest absolute Gasteiger partial charge is 0.406 e. The molecule has 1 aromatic rings. The predicted molar refractivity (Wildman–Crippen MR) is 57.9 cm³/mol. The van der Waals surface area contributed by atoms with Crippen LogP contribution in [0.3, 0.4) is 0 Å². The molecule has 1 aliphatic heterocycles. The number of hydrogen-bond donors (Lipinski definition) is 1. The molecule has 0 spiro atoms. The summed E-state index contributed by atoms with van der Waals surface area (Å²) in [4.78, 5) is 0. The molecule has 6 heteroatoms. The summed E-state index contributed by atoms with van der Waals surface area (Å²) in [6.45, 7) is 1.43. The van der Waals surface area contributed by atoms with Gasteiger partial charge in [0, 0.05) is 6.54 Å². The number of halogens is 4. The molecule has 1 atom stereocenters. The molecule has 0 aromatic heterocycles. The van der Waals surface area contributed by atoms with Gasteiger partial charge in [0.15, 0.2) is 0 Å². The summed E-state index contributed by atoms with van der Waals surface area (Å²) >= 11 is 0. The van der Waals surface area contributed by atoms with Crippen molar-refractivity contribution in [2.45, 2.75) is 25.1 Å². The van der Waals surface area contributed by atoms with E-state index < -0.39 is 12.2 Å². The van der Waals surface area contributed by atoms with Crippen LogP contribution in [0.2, 0.25) is 0 Å². The third-order valence-corrected chi connectivity index (χ3v) is 2.94. The Labute approximate surface area is 102 Å². The van der Waals surface area contributed by atoms with Crippen LogP contribution < -0.4 is 10.1 Å². The predicted octanol–water partition coefficient (Wildman–Crippen LogP) is 3.19. The lowest BCUT2D eigenvalue weighted by molar-refractivity contribution is -0.274. The van der Waals surface area contributed by atoms with Gasteiger partial charge in [-0.3, -0.25) is 0 Å². The first kappa shape index (κ1) is 13.1. The quantitative estimate of drug-likeness (QED) is 0.827. The van der Waals surface area contributed by atoms with Crippen molar-refractivity contribution in [2.24, 2.45) is 0 Å². The Morgan fingerprint density at radius 3 is 2.67 bits per heavy atom. The zero-order valence-electron chi connectivity index (χ0n) is 9.56. The van der Waals surface area contributed by atoms with Gasteiger partial charge in [-0.2, -0.15) is 0 Å². The third kappa shape index (κ3) is 3.35. The molecule has 18 heavy (non-hydrogen) atoms. The van der Waals surface area contributed by atoms with Crippen molar-refractivity contribution in [3.05, 3.63) is 29.6 Å². The highest BCUT2D eigenvalue weighted by Gasteiger charge is 2.31. The van der Waals surface area contributed by atoms with Gasteiger partial charge in [0.2, 0.25) is 0 Å². The van der Waals surface area contributed by atoms with E-state index >= 15 is 0 Å². The van der Waals surface area contributed by atoms with Crippen LogP contribution in [0.25, 0.3) is 0 Å². The fourth-order valence-electron chi connectivity index (χ4n) is 2.15. The van der Waals surface area contributed by atoms with Gasteiger partial charge < -0.3 is 10.1 Å². The highest BCUT2D eigenvalue weighted by atomic mass is 19.4. The lowest BCUT2D eigenvalue weighted by atomic mass is 9.91. The van der Waals surface area contributed by atoms with Crippen molar-refractivity contribution >= 4 is 0 Å². The summed E-state index contributed by atoms with van der Waals surface area (Å²) in [6.07, 6.45) is -3.10. The normalized spacial score (nSPS) is 20.8. The minimum atomic E-state index is -4.75. The van der Waals surface area contributed by atoms with Gasteiger partial charge in [0.25, 0.3) is 0 Å². The Hall–Kier alpha value is -1.30. The van der Waals surface area contributed by atoms with Crippen LogP contribution in [0.15, 0.2) is 18.2 Å². The second-order valence-corrected chi connectivity index (χ2v) is 4.27. The Kier molecular flexibility index (Phi) is 3.75. The number of ether oxygens (including phenoxy) is 1. The van der Waals surface area contributed by atoms with Crippen molar-refractivity contribution < 1.29 is 22.3 Å². The minimum Gasteiger partial charge on any atom is -0.406 e. The molecule has 1 heterocycles. The van der Waals surface area contributed by atoms with Gasteiger partial charge in [-0.1, -0.05) is 0 Å². The van der Waals surface area contributed by atoms with Gasteiger partial charge in [-0.25, -0.2) is 4.39 Å². The number of hydrogen-bond acceptors (Lipinski definition) is 2. The lowest BCUT2D eigenvalue weighted by Crippen LogP contribution is -2.29. The molecule has 0 radical (unpaired) electrons. The third-order valence-electron chi connectivity index (χ3n) is 2.94. The molecule has 1 saturated heterocycles. The molecule has 1 N–H and O–H groups in total. The van der Waals surface area contributed by atoms with Gasteiger partial charge in [-0.15, -0.1) is 13.2 Å². The van der Waals surface area contributed by atoms with Gasteiger partial charge in [0.1, 0.15) is 11.6 Å². The topological polar surface area (TPSA) is 21.3 Å². The first-order valence-corrected chi connectivity index (χ1v) is 5.71. The van der Waals surface area contributed by atoms with Gasteiger partial charge >= 0.3 is 6.36 Å². The number of alkyl halides is 3. The molecule has 1 unspecified atom stereocenters. The Bertz CT molecular complexity index is 413. The van der Waals surface area contributed by atoms with Crippen molar-refractivity contribution in [1.82, 2.24) is 5.32 Å². The Balaban J connectivity index is 2.20. The molecule has 0 amide bonds. The van der Waals surface area contributed by atoms with Gasteiger partial charge in [-0.05, 0) is 49.1 Å². The van der Waals surface area contributed by atoms with Gasteiger partial charge in [0.05, 0.1) is 0 Å². The Morgan fingerprint density at radius 2 is 2.06 bits per heavy atom. The van der Waals surface area contributed by atoms with E-state index in [0.717, 1.165) is 37.6 Å². The first-order valence-electron chi connectivity index (χ1n) is 5.71. The summed E-state index contributed by atoms with van der Waals surface area (Å²) in [7, 11) is 0. The highest BCUT2D eigenvalue weighted by Crippen LogP contribution is 2.30. The first-order chi connectivity index (χ1) is 8.46. The minimum absolute atomic E-state index is 0.101. The number of rotatable bonds is 2. The van der Waals surface area contributed by atoms with Crippen LogP contribution in [-0.4, -0.2) is 19.5 Å². The molecule has 2 nitrogen and oxygen atoms in total. The summed E-state index contributed by atoms with van der Waals surface area (Å²) in [5, 5.41) is 3.10. The summed E-state index contributed by atoms with van der Waals surface area (Å²) in [5.41, 5.74) is 0.281. The fourth-order valence-corrected chi connectivity index (χ4v) is 2.15. The van der Waals surface area contributed by atoms with Crippen LogP contribution in [0.1, 0.15) is 24.3 Å². The highest BCUT2D eigenvalue weighted by molar-refractivity contribution is 5.33. The van der Waals surface area contributed by atoms with Crippen molar-refractivity contribution in [2.75, 3.05) is 13.1 Å². The fraction of sp³-hybridized carbons (Fsp3) is 0.500. The molecule has 2 rings (SSSR count). The second kappa shape index (κ2) is 5.14. The molecule has 1 fully saturated rings. The molecule has 1 aliphatic rings. The molecule has 0 bridgehead atoms. The average molecular weight is 263 g/mol. The van der Waals surface area contributed by atoms with Crippen molar-refractivity contribution in [3.63, 3.8) is 0 Å². The van der Waals surface area contributed by atoms with Crippen LogP contribution in [0.5, 0.6) is 5.75 Å². The summed E-state index contributed by atoms with van der Waals surface area (Å²) in [5.74, 6) is -0.960. The zero-order chi connectivity index (χ0) is 13.2. The number of benzene rings is 1. The molecular weight excluding hydrogens is 250 g/mol. The number of piperidine rings is 1. The van der Waals surface area contributed by atoms with Crippen LogP contribution in [0.4, 0.5) is 17.6 Å². The van der Waals surface area contributed by atoms with E-state index in [-0.39, 0.29) is 17.2 Å². The monoisotopic (exact) mass is 263 g/mol. The van der Waals surface area contributed by atoms with E-state index in [2.05, 4.69) is 10.1 Å².